The van der Waals surface area contributed by atoms with Gasteiger partial charge >= 0.3 is 0 Å². The minimum atomic E-state index is 0.730. The SMILES string of the molecule is c1ccc(N(c2ccccc2)c2cc3c4c(c2)Oc2cc(N(c5ccccc5)c5ccccc5)cc5c2N4c2c(cc(N(c4ccccc4)c4ccccc4)cc2O5)CC3)cc1. The predicted molar refractivity (Wildman–Crippen MR) is 253 cm³/mol. The van der Waals surface area contributed by atoms with Gasteiger partial charge in [0.05, 0.1) is 28.4 Å². The Balaban J connectivity index is 1.10. The van der Waals surface area contributed by atoms with Gasteiger partial charge in [0.15, 0.2) is 23.0 Å². The highest BCUT2D eigenvalue weighted by Crippen LogP contribution is 2.65. The fourth-order valence-corrected chi connectivity index (χ4v) is 9.32. The van der Waals surface area contributed by atoms with Crippen LogP contribution in [0.2, 0.25) is 0 Å². The van der Waals surface area contributed by atoms with E-state index >= 15 is 0 Å². The molecule has 0 bridgehead atoms. The van der Waals surface area contributed by atoms with Crippen molar-refractivity contribution in [3.8, 4) is 23.0 Å². The predicted octanol–water partition coefficient (Wildman–Crippen LogP) is 15.9. The fraction of sp³-hybridized carbons (Fsp3) is 0.0357. The molecule has 0 atom stereocenters. The van der Waals surface area contributed by atoms with Gasteiger partial charge in [-0.1, -0.05) is 109 Å². The Bertz CT molecular complexity index is 2790. The summed E-state index contributed by atoms with van der Waals surface area (Å²) < 4.78 is 14.4. The van der Waals surface area contributed by atoms with Crippen LogP contribution in [0.5, 0.6) is 23.0 Å². The number of benzene rings is 9. The van der Waals surface area contributed by atoms with Crippen LogP contribution in [0.1, 0.15) is 11.1 Å². The molecule has 0 radical (unpaired) electrons. The Kier molecular flexibility index (Phi) is 8.52. The molecule has 0 fully saturated rings. The molecule has 9 aromatic carbocycles. The average Bonchev–Trinajstić information content (AvgIpc) is 3.49. The van der Waals surface area contributed by atoms with Crippen LogP contribution >= 0.6 is 0 Å². The highest BCUT2D eigenvalue weighted by Gasteiger charge is 2.41. The second-order valence-electron chi connectivity index (χ2n) is 15.8. The maximum atomic E-state index is 7.22. The summed E-state index contributed by atoms with van der Waals surface area (Å²) in [6.07, 6.45) is 1.61. The smallest absolute Gasteiger partial charge is 0.157 e. The number of hydrogen-bond acceptors (Lipinski definition) is 6. The maximum Gasteiger partial charge on any atom is 0.157 e. The molecule has 0 saturated carbocycles. The molecule has 0 unspecified atom stereocenters. The van der Waals surface area contributed by atoms with Crippen LogP contribution in [0.3, 0.4) is 0 Å². The van der Waals surface area contributed by atoms with Gasteiger partial charge in [-0.15, -0.1) is 0 Å². The van der Waals surface area contributed by atoms with E-state index in [9.17, 15) is 0 Å². The normalized spacial score (nSPS) is 12.6. The zero-order valence-corrected chi connectivity index (χ0v) is 33.8. The van der Waals surface area contributed by atoms with Gasteiger partial charge in [-0.25, -0.2) is 0 Å². The minimum absolute atomic E-state index is 0.730. The summed E-state index contributed by atoms with van der Waals surface area (Å²) in [5.41, 5.74) is 14.8. The molecule has 3 aliphatic heterocycles. The topological polar surface area (TPSA) is 31.4 Å². The van der Waals surface area contributed by atoms with Gasteiger partial charge in [0.2, 0.25) is 0 Å². The molecule has 0 aliphatic carbocycles. The zero-order chi connectivity index (χ0) is 41.0. The van der Waals surface area contributed by atoms with E-state index in [1.807, 2.05) is 0 Å². The molecule has 9 aromatic rings. The molecule has 3 heterocycles. The van der Waals surface area contributed by atoms with Crippen molar-refractivity contribution >= 4 is 68.2 Å². The summed E-state index contributed by atoms with van der Waals surface area (Å²) in [4.78, 5) is 9.34. The van der Waals surface area contributed by atoms with Crippen molar-refractivity contribution in [3.63, 3.8) is 0 Å². The number of anilines is 12. The molecule has 0 amide bonds. The van der Waals surface area contributed by atoms with Crippen molar-refractivity contribution in [1.29, 1.82) is 0 Å². The minimum Gasteiger partial charge on any atom is -0.453 e. The van der Waals surface area contributed by atoms with Gasteiger partial charge in [0.25, 0.3) is 0 Å². The van der Waals surface area contributed by atoms with Crippen LogP contribution in [0, 0.1) is 0 Å². The van der Waals surface area contributed by atoms with E-state index in [-0.39, 0.29) is 0 Å². The van der Waals surface area contributed by atoms with Crippen LogP contribution in [0.15, 0.2) is 218 Å². The molecular formula is C56H40N4O2. The summed E-state index contributed by atoms with van der Waals surface area (Å²) >= 11 is 0. The first-order valence-electron chi connectivity index (χ1n) is 21.1. The Labute approximate surface area is 361 Å². The average molecular weight is 801 g/mol. The van der Waals surface area contributed by atoms with Gasteiger partial charge in [0, 0.05) is 58.4 Å². The molecular weight excluding hydrogens is 761 g/mol. The number of nitrogens with zero attached hydrogens (tertiary/aromatic N) is 4. The number of rotatable bonds is 9. The van der Waals surface area contributed by atoms with Crippen molar-refractivity contribution < 1.29 is 9.47 Å². The van der Waals surface area contributed by atoms with E-state index in [2.05, 4.69) is 238 Å². The van der Waals surface area contributed by atoms with E-state index in [4.69, 9.17) is 9.47 Å². The van der Waals surface area contributed by atoms with Crippen molar-refractivity contribution in [1.82, 2.24) is 0 Å². The molecule has 62 heavy (non-hydrogen) atoms. The highest BCUT2D eigenvalue weighted by molar-refractivity contribution is 6.00. The first-order chi connectivity index (χ1) is 30.7. The molecule has 3 aliphatic rings. The van der Waals surface area contributed by atoms with Crippen LogP contribution in [-0.2, 0) is 12.8 Å². The third-order valence-electron chi connectivity index (χ3n) is 11.9. The van der Waals surface area contributed by atoms with Gasteiger partial charge in [-0.3, -0.25) is 4.90 Å². The van der Waals surface area contributed by atoms with Crippen molar-refractivity contribution in [2.75, 3.05) is 19.6 Å². The molecule has 0 spiro atoms. The third-order valence-corrected chi connectivity index (χ3v) is 11.9. The monoisotopic (exact) mass is 800 g/mol. The van der Waals surface area contributed by atoms with E-state index in [0.29, 0.717) is 0 Å². The van der Waals surface area contributed by atoms with Crippen molar-refractivity contribution in [3.05, 3.63) is 230 Å². The number of ether oxygens (including phenoxy) is 2. The summed E-state index contributed by atoms with van der Waals surface area (Å²) in [6.45, 7) is 0. The Morgan fingerprint density at radius 1 is 0.274 bits per heavy atom. The lowest BCUT2D eigenvalue weighted by atomic mass is 10.0. The zero-order valence-electron chi connectivity index (χ0n) is 33.8. The molecule has 6 heteroatoms. The van der Waals surface area contributed by atoms with Crippen molar-refractivity contribution in [2.45, 2.75) is 12.8 Å². The van der Waals surface area contributed by atoms with E-state index in [1.165, 1.54) is 11.1 Å². The van der Waals surface area contributed by atoms with E-state index < -0.39 is 0 Å². The van der Waals surface area contributed by atoms with Gasteiger partial charge in [-0.05, 0) is 109 Å². The van der Waals surface area contributed by atoms with Crippen LogP contribution in [0.25, 0.3) is 0 Å². The van der Waals surface area contributed by atoms with Gasteiger partial charge in [0.1, 0.15) is 5.69 Å². The van der Waals surface area contributed by atoms with E-state index in [0.717, 1.165) is 104 Å². The summed E-state index contributed by atoms with van der Waals surface area (Å²) in [7, 11) is 0. The summed E-state index contributed by atoms with van der Waals surface area (Å²) in [5, 5.41) is 0. The summed E-state index contributed by atoms with van der Waals surface area (Å²) in [5.74, 6) is 3.06. The highest BCUT2D eigenvalue weighted by atomic mass is 16.5. The maximum absolute atomic E-state index is 7.22. The standard InChI is InChI=1S/C56H40N4O2/c1-7-19-41(20-8-1)57(42-21-9-2-10-22-42)47-33-39-31-32-40-34-48(58(43-23-11-3-12-24-43)44-25-13-4-14-26-44)36-51-55(40)60-54(39)50(35-47)61-52-37-49(38-53(62-51)56(52)60)59(45-27-15-5-16-28-45)46-29-17-6-18-30-46/h1-30,33-38H,31-32H2. The van der Waals surface area contributed by atoms with Crippen molar-refractivity contribution in [2.24, 2.45) is 0 Å². The third kappa shape index (κ3) is 6.03. The lowest BCUT2D eigenvalue weighted by Crippen LogP contribution is -2.23. The second kappa shape index (κ2) is 14.8. The Morgan fingerprint density at radius 3 is 0.790 bits per heavy atom. The first kappa shape index (κ1) is 35.7. The molecule has 0 saturated heterocycles. The quantitative estimate of drug-likeness (QED) is 0.145. The lowest BCUT2D eigenvalue weighted by molar-refractivity contribution is 0.446. The molecule has 296 valence electrons. The molecule has 12 rings (SSSR count). The molecule has 0 N–H and O–H groups in total. The number of para-hydroxylation sites is 6. The fourth-order valence-electron chi connectivity index (χ4n) is 9.32. The van der Waals surface area contributed by atoms with Gasteiger partial charge < -0.3 is 24.2 Å². The largest absolute Gasteiger partial charge is 0.453 e. The number of aryl methyl sites for hydroxylation is 2. The first-order valence-corrected chi connectivity index (χ1v) is 21.1. The molecule has 0 aromatic heterocycles. The lowest BCUT2D eigenvalue weighted by Gasteiger charge is -2.40. The Hall–Kier alpha value is -8.22. The number of hydrogen-bond donors (Lipinski definition) is 0. The summed E-state index contributed by atoms with van der Waals surface area (Å²) in [6, 6.07) is 76.8. The van der Waals surface area contributed by atoms with Crippen LogP contribution in [0.4, 0.5) is 68.2 Å². The van der Waals surface area contributed by atoms with E-state index in [1.54, 1.807) is 0 Å². The van der Waals surface area contributed by atoms with Crippen LogP contribution < -0.4 is 29.1 Å². The Morgan fingerprint density at radius 2 is 0.516 bits per heavy atom. The molecule has 6 nitrogen and oxygen atoms in total. The van der Waals surface area contributed by atoms with Crippen LogP contribution in [-0.4, -0.2) is 0 Å². The van der Waals surface area contributed by atoms with Gasteiger partial charge in [-0.2, -0.15) is 0 Å². The second-order valence-corrected chi connectivity index (χ2v) is 15.8.